The van der Waals surface area contributed by atoms with Crippen molar-refractivity contribution in [3.8, 4) is 0 Å². The largest absolute Gasteiger partial charge is 0.322 e. The zero-order chi connectivity index (χ0) is 16.2. The van der Waals surface area contributed by atoms with Crippen LogP contribution in [0.4, 0.5) is 5.69 Å². The molecule has 2 aromatic rings. The smallest absolute Gasteiger partial charge is 0.252 e. The van der Waals surface area contributed by atoms with Crippen molar-refractivity contribution in [2.75, 3.05) is 11.1 Å². The Kier molecular flexibility index (Phi) is 5.00. The van der Waals surface area contributed by atoms with E-state index in [0.29, 0.717) is 10.7 Å². The van der Waals surface area contributed by atoms with E-state index in [4.69, 9.17) is 11.6 Å². The molecule has 0 bridgehead atoms. The van der Waals surface area contributed by atoms with Gasteiger partial charge in [0.15, 0.2) is 9.84 Å². The Bertz CT molecular complexity index is 784. The summed E-state index contributed by atoms with van der Waals surface area (Å²) >= 11 is 5.76. The van der Waals surface area contributed by atoms with Crippen molar-refractivity contribution in [1.29, 1.82) is 0 Å². The number of anilines is 1. The molecular formula is C16H14ClNO3S. The molecule has 0 aromatic heterocycles. The molecule has 1 amide bonds. The van der Waals surface area contributed by atoms with Crippen molar-refractivity contribution in [2.45, 2.75) is 4.90 Å². The van der Waals surface area contributed by atoms with Gasteiger partial charge in [-0.05, 0) is 36.4 Å². The van der Waals surface area contributed by atoms with Crippen LogP contribution in [0.25, 0.3) is 0 Å². The molecule has 6 heteroatoms. The van der Waals surface area contributed by atoms with Gasteiger partial charge in [0, 0.05) is 16.3 Å². The van der Waals surface area contributed by atoms with E-state index in [9.17, 15) is 13.2 Å². The van der Waals surface area contributed by atoms with Gasteiger partial charge in [-0.2, -0.15) is 0 Å². The van der Waals surface area contributed by atoms with E-state index in [-0.39, 0.29) is 10.5 Å². The van der Waals surface area contributed by atoms with Crippen molar-refractivity contribution in [1.82, 2.24) is 0 Å². The summed E-state index contributed by atoms with van der Waals surface area (Å²) in [5, 5.41) is 3.13. The SMILES string of the molecule is C=C(CS(=O)(=O)c1ccccc1)C(=O)Nc1ccc(Cl)cc1. The Morgan fingerprint density at radius 1 is 1.05 bits per heavy atom. The first-order chi connectivity index (χ1) is 10.4. The summed E-state index contributed by atoms with van der Waals surface area (Å²) in [5.74, 6) is -0.974. The quantitative estimate of drug-likeness (QED) is 0.853. The summed E-state index contributed by atoms with van der Waals surface area (Å²) in [6.07, 6.45) is 0. The third-order valence-electron chi connectivity index (χ3n) is 2.89. The fourth-order valence-corrected chi connectivity index (χ4v) is 3.21. The van der Waals surface area contributed by atoms with Crippen molar-refractivity contribution in [3.05, 3.63) is 71.8 Å². The number of rotatable bonds is 5. The topological polar surface area (TPSA) is 63.2 Å². The Morgan fingerprint density at radius 3 is 2.23 bits per heavy atom. The fraction of sp³-hybridized carbons (Fsp3) is 0.0625. The maximum atomic E-state index is 12.2. The highest BCUT2D eigenvalue weighted by Gasteiger charge is 2.19. The molecule has 0 saturated heterocycles. The first-order valence-corrected chi connectivity index (χ1v) is 8.44. The lowest BCUT2D eigenvalue weighted by atomic mass is 10.3. The summed E-state index contributed by atoms with van der Waals surface area (Å²) in [6.45, 7) is 3.56. The summed E-state index contributed by atoms with van der Waals surface area (Å²) < 4.78 is 24.4. The molecule has 0 spiro atoms. The number of halogens is 1. The molecule has 4 nitrogen and oxygen atoms in total. The van der Waals surface area contributed by atoms with Crippen LogP contribution in [0.2, 0.25) is 5.02 Å². The predicted molar refractivity (Wildman–Crippen MR) is 87.7 cm³/mol. The number of amides is 1. The highest BCUT2D eigenvalue weighted by Crippen LogP contribution is 2.16. The van der Waals surface area contributed by atoms with Gasteiger partial charge in [-0.25, -0.2) is 8.42 Å². The number of nitrogens with one attached hydrogen (secondary N) is 1. The van der Waals surface area contributed by atoms with Crippen LogP contribution in [0.3, 0.4) is 0 Å². The molecule has 0 aliphatic rings. The molecule has 114 valence electrons. The van der Waals surface area contributed by atoms with E-state index in [2.05, 4.69) is 11.9 Å². The van der Waals surface area contributed by atoms with Crippen molar-refractivity contribution < 1.29 is 13.2 Å². The molecule has 0 fully saturated rings. The van der Waals surface area contributed by atoms with Gasteiger partial charge in [0.2, 0.25) is 0 Å². The summed E-state index contributed by atoms with van der Waals surface area (Å²) in [4.78, 5) is 12.2. The van der Waals surface area contributed by atoms with Crippen LogP contribution >= 0.6 is 11.6 Å². The van der Waals surface area contributed by atoms with E-state index in [1.807, 2.05) is 0 Å². The van der Waals surface area contributed by atoms with Gasteiger partial charge in [0.05, 0.1) is 10.6 Å². The number of sulfone groups is 1. The summed E-state index contributed by atoms with van der Waals surface area (Å²) in [5.41, 5.74) is 0.492. The van der Waals surface area contributed by atoms with Crippen LogP contribution < -0.4 is 5.32 Å². The Hall–Kier alpha value is -2.11. The third-order valence-corrected chi connectivity index (χ3v) is 4.86. The Morgan fingerprint density at radius 2 is 1.64 bits per heavy atom. The Balaban J connectivity index is 2.05. The lowest BCUT2D eigenvalue weighted by Gasteiger charge is -2.09. The average Bonchev–Trinajstić information content (AvgIpc) is 2.50. The second kappa shape index (κ2) is 6.77. The van der Waals surface area contributed by atoms with Gasteiger partial charge >= 0.3 is 0 Å². The summed E-state index contributed by atoms with van der Waals surface area (Å²) in [7, 11) is -3.59. The second-order valence-corrected chi connectivity index (χ2v) is 7.06. The molecule has 0 radical (unpaired) electrons. The lowest BCUT2D eigenvalue weighted by Crippen LogP contribution is -2.20. The molecule has 2 aromatic carbocycles. The standard InChI is InChI=1S/C16H14ClNO3S/c1-12(11-22(20,21)15-5-3-2-4-6-15)16(19)18-14-9-7-13(17)8-10-14/h2-10H,1,11H2,(H,18,19). The summed E-state index contributed by atoms with van der Waals surface area (Å²) in [6, 6.07) is 14.5. The van der Waals surface area contributed by atoms with E-state index >= 15 is 0 Å². The van der Waals surface area contributed by atoms with Crippen LogP contribution in [0.5, 0.6) is 0 Å². The van der Waals surface area contributed by atoms with Crippen LogP contribution in [0.15, 0.2) is 71.6 Å². The molecule has 0 aliphatic carbocycles. The van der Waals surface area contributed by atoms with Gasteiger partial charge in [-0.1, -0.05) is 36.4 Å². The molecule has 1 N–H and O–H groups in total. The van der Waals surface area contributed by atoms with Crippen LogP contribution in [0, 0.1) is 0 Å². The molecule has 0 aliphatic heterocycles. The molecule has 0 unspecified atom stereocenters. The number of benzene rings is 2. The molecular weight excluding hydrogens is 322 g/mol. The minimum atomic E-state index is -3.59. The molecule has 0 heterocycles. The molecule has 0 atom stereocenters. The van der Waals surface area contributed by atoms with E-state index in [1.54, 1.807) is 42.5 Å². The predicted octanol–water partition coefficient (Wildman–Crippen LogP) is 3.31. The van der Waals surface area contributed by atoms with Crippen molar-refractivity contribution >= 4 is 33.0 Å². The van der Waals surface area contributed by atoms with E-state index in [1.165, 1.54) is 12.1 Å². The highest BCUT2D eigenvalue weighted by molar-refractivity contribution is 7.91. The van der Waals surface area contributed by atoms with E-state index < -0.39 is 21.5 Å². The second-order valence-electron chi connectivity index (χ2n) is 4.64. The van der Waals surface area contributed by atoms with Gasteiger partial charge in [0.1, 0.15) is 0 Å². The van der Waals surface area contributed by atoms with Gasteiger partial charge in [-0.15, -0.1) is 0 Å². The number of carbonyl (C=O) groups is 1. The van der Waals surface area contributed by atoms with Crippen molar-refractivity contribution in [2.24, 2.45) is 0 Å². The normalized spacial score (nSPS) is 11.0. The number of hydrogen-bond acceptors (Lipinski definition) is 3. The molecule has 22 heavy (non-hydrogen) atoms. The lowest BCUT2D eigenvalue weighted by molar-refractivity contribution is -0.112. The Labute approximate surface area is 134 Å². The highest BCUT2D eigenvalue weighted by atomic mass is 35.5. The molecule has 2 rings (SSSR count). The van der Waals surface area contributed by atoms with Gasteiger partial charge < -0.3 is 5.32 Å². The van der Waals surface area contributed by atoms with E-state index in [0.717, 1.165) is 0 Å². The van der Waals surface area contributed by atoms with Crippen LogP contribution in [-0.4, -0.2) is 20.1 Å². The minimum absolute atomic E-state index is 0.0289. The number of carbonyl (C=O) groups excluding carboxylic acids is 1. The average molecular weight is 336 g/mol. The maximum Gasteiger partial charge on any atom is 0.252 e. The molecule has 0 saturated carbocycles. The number of hydrogen-bond donors (Lipinski definition) is 1. The van der Waals surface area contributed by atoms with Crippen molar-refractivity contribution in [3.63, 3.8) is 0 Å². The minimum Gasteiger partial charge on any atom is -0.322 e. The fourth-order valence-electron chi connectivity index (χ4n) is 1.76. The van der Waals surface area contributed by atoms with Crippen LogP contribution in [0.1, 0.15) is 0 Å². The monoisotopic (exact) mass is 335 g/mol. The van der Waals surface area contributed by atoms with Crippen LogP contribution in [-0.2, 0) is 14.6 Å². The maximum absolute atomic E-state index is 12.2. The van der Waals surface area contributed by atoms with Gasteiger partial charge in [0.25, 0.3) is 5.91 Å². The first kappa shape index (κ1) is 16.3. The zero-order valence-corrected chi connectivity index (χ0v) is 13.2. The zero-order valence-electron chi connectivity index (χ0n) is 11.6. The third kappa shape index (κ3) is 4.19. The first-order valence-electron chi connectivity index (χ1n) is 6.41. The van der Waals surface area contributed by atoms with Gasteiger partial charge in [-0.3, -0.25) is 4.79 Å².